The summed E-state index contributed by atoms with van der Waals surface area (Å²) in [5.41, 5.74) is 4.82. The van der Waals surface area contributed by atoms with Gasteiger partial charge in [-0.05, 0) is 51.7 Å². The van der Waals surface area contributed by atoms with Gasteiger partial charge in [0, 0.05) is 28.8 Å². The van der Waals surface area contributed by atoms with Crippen molar-refractivity contribution in [1.29, 1.82) is 0 Å². The van der Waals surface area contributed by atoms with E-state index in [9.17, 15) is 4.79 Å². The fourth-order valence-electron chi connectivity index (χ4n) is 3.81. The van der Waals surface area contributed by atoms with Gasteiger partial charge in [-0.2, -0.15) is 0 Å². The predicted molar refractivity (Wildman–Crippen MR) is 91.7 cm³/mol. The first kappa shape index (κ1) is 15.3. The topological polar surface area (TPSA) is 29.1 Å². The summed E-state index contributed by atoms with van der Waals surface area (Å²) in [6.07, 6.45) is 8.70. The average molecular weight is 297 g/mol. The minimum Gasteiger partial charge on any atom is -0.379 e. The Labute approximate surface area is 134 Å². The molecular weight excluding hydrogens is 270 g/mol. The molecule has 3 rings (SSSR count). The third-order valence-electron chi connectivity index (χ3n) is 4.96. The van der Waals surface area contributed by atoms with Crippen LogP contribution in [0.3, 0.4) is 0 Å². The van der Waals surface area contributed by atoms with Gasteiger partial charge in [0.15, 0.2) is 5.78 Å². The van der Waals surface area contributed by atoms with Gasteiger partial charge in [-0.1, -0.05) is 37.0 Å². The molecule has 0 atom stereocenters. The van der Waals surface area contributed by atoms with E-state index in [1.54, 1.807) is 0 Å². The second kappa shape index (κ2) is 5.91. The molecule has 2 heteroatoms. The van der Waals surface area contributed by atoms with E-state index in [0.717, 1.165) is 25.0 Å². The van der Waals surface area contributed by atoms with Crippen LogP contribution in [-0.2, 0) is 11.2 Å². The summed E-state index contributed by atoms with van der Waals surface area (Å²) < 4.78 is 0. The van der Waals surface area contributed by atoms with Crippen LogP contribution in [0.15, 0.2) is 24.3 Å². The van der Waals surface area contributed by atoms with E-state index >= 15 is 0 Å². The van der Waals surface area contributed by atoms with Crippen molar-refractivity contribution in [3.8, 4) is 0 Å². The zero-order chi connectivity index (χ0) is 15.7. The lowest BCUT2D eigenvalue weighted by Gasteiger charge is -2.36. The molecule has 1 aliphatic heterocycles. The number of nitrogens with one attached hydrogen (secondary N) is 1. The lowest BCUT2D eigenvalue weighted by atomic mass is 9.83. The van der Waals surface area contributed by atoms with Crippen molar-refractivity contribution in [2.24, 2.45) is 5.92 Å². The highest BCUT2D eigenvalue weighted by atomic mass is 16.1. The number of allylic oxidation sites excluding steroid dienone is 1. The lowest BCUT2D eigenvalue weighted by molar-refractivity contribution is -0.119. The van der Waals surface area contributed by atoms with Gasteiger partial charge in [0.1, 0.15) is 0 Å². The van der Waals surface area contributed by atoms with E-state index in [-0.39, 0.29) is 11.5 Å². The van der Waals surface area contributed by atoms with E-state index in [0.29, 0.717) is 5.78 Å². The van der Waals surface area contributed by atoms with Crippen molar-refractivity contribution in [2.45, 2.75) is 64.8 Å². The minimum absolute atomic E-state index is 0.000929. The van der Waals surface area contributed by atoms with Crippen molar-refractivity contribution in [1.82, 2.24) is 5.32 Å². The Bertz CT molecular complexity index is 606. The third-order valence-corrected chi connectivity index (χ3v) is 4.96. The van der Waals surface area contributed by atoms with E-state index in [1.165, 1.54) is 36.0 Å². The van der Waals surface area contributed by atoms with Gasteiger partial charge in [-0.15, -0.1) is 0 Å². The Balaban J connectivity index is 1.93. The largest absolute Gasteiger partial charge is 0.379 e. The lowest BCUT2D eigenvalue weighted by Crippen LogP contribution is -2.44. The standard InChI is InChI=1S/C20H27NO/c1-14-9-10-16-13-20(2,3)21-18(17(16)11-14)12-19(22)15-7-5-4-6-8-15/h9-12,15,21H,4-8,13H2,1-3H3. The number of carbonyl (C=O) groups is 1. The van der Waals surface area contributed by atoms with Crippen LogP contribution in [0.2, 0.25) is 0 Å². The summed E-state index contributed by atoms with van der Waals surface area (Å²) in [5.74, 6) is 0.550. The Morgan fingerprint density at radius 2 is 1.95 bits per heavy atom. The first-order valence-electron chi connectivity index (χ1n) is 8.58. The summed E-state index contributed by atoms with van der Waals surface area (Å²) in [7, 11) is 0. The van der Waals surface area contributed by atoms with Gasteiger partial charge in [0.05, 0.1) is 0 Å². The number of rotatable bonds is 2. The maximum atomic E-state index is 12.7. The SMILES string of the molecule is Cc1ccc2c(c1)C(=CC(=O)C1CCCCC1)NC(C)(C)C2. The number of carbonyl (C=O) groups excluding carboxylic acids is 1. The van der Waals surface area contributed by atoms with Gasteiger partial charge in [-0.25, -0.2) is 0 Å². The number of benzene rings is 1. The van der Waals surface area contributed by atoms with E-state index in [4.69, 9.17) is 0 Å². The summed E-state index contributed by atoms with van der Waals surface area (Å²) in [4.78, 5) is 12.7. The quantitative estimate of drug-likeness (QED) is 0.819. The molecule has 0 saturated heterocycles. The molecule has 0 aromatic heterocycles. The van der Waals surface area contributed by atoms with Crippen LogP contribution in [-0.4, -0.2) is 11.3 Å². The molecule has 118 valence electrons. The number of fused-ring (bicyclic) bond motifs is 1. The van der Waals surface area contributed by atoms with Crippen molar-refractivity contribution in [2.75, 3.05) is 0 Å². The molecule has 0 bridgehead atoms. The van der Waals surface area contributed by atoms with E-state index in [2.05, 4.69) is 44.3 Å². The molecule has 1 aliphatic carbocycles. The molecule has 1 saturated carbocycles. The molecule has 2 aliphatic rings. The summed E-state index contributed by atoms with van der Waals surface area (Å²) in [6, 6.07) is 6.59. The molecule has 1 aromatic rings. The van der Waals surface area contributed by atoms with Crippen LogP contribution in [0.4, 0.5) is 0 Å². The van der Waals surface area contributed by atoms with Crippen LogP contribution in [0.25, 0.3) is 5.70 Å². The summed E-state index contributed by atoms with van der Waals surface area (Å²) >= 11 is 0. The maximum absolute atomic E-state index is 12.7. The van der Waals surface area contributed by atoms with E-state index in [1.807, 2.05) is 6.08 Å². The first-order chi connectivity index (χ1) is 10.4. The highest BCUT2D eigenvalue weighted by Crippen LogP contribution is 2.32. The number of hydrogen-bond acceptors (Lipinski definition) is 2. The molecular formula is C20H27NO. The smallest absolute Gasteiger partial charge is 0.160 e. The molecule has 1 N–H and O–H groups in total. The van der Waals surface area contributed by atoms with Gasteiger partial charge in [0.25, 0.3) is 0 Å². The van der Waals surface area contributed by atoms with Crippen molar-refractivity contribution in [3.63, 3.8) is 0 Å². The van der Waals surface area contributed by atoms with Crippen LogP contribution in [0, 0.1) is 12.8 Å². The van der Waals surface area contributed by atoms with Crippen LogP contribution >= 0.6 is 0 Å². The molecule has 0 amide bonds. The zero-order valence-corrected chi connectivity index (χ0v) is 14.0. The van der Waals surface area contributed by atoms with Crippen LogP contribution < -0.4 is 5.32 Å². The fraction of sp³-hybridized carbons (Fsp3) is 0.550. The molecule has 1 heterocycles. The number of hydrogen-bond donors (Lipinski definition) is 1. The Morgan fingerprint density at radius 1 is 1.23 bits per heavy atom. The first-order valence-corrected chi connectivity index (χ1v) is 8.58. The molecule has 1 aromatic carbocycles. The zero-order valence-electron chi connectivity index (χ0n) is 14.0. The molecule has 22 heavy (non-hydrogen) atoms. The summed E-state index contributed by atoms with van der Waals surface area (Å²) in [5, 5.41) is 3.59. The highest BCUT2D eigenvalue weighted by molar-refractivity contribution is 5.98. The van der Waals surface area contributed by atoms with Crippen LogP contribution in [0.1, 0.15) is 62.6 Å². The predicted octanol–water partition coefficient (Wildman–Crippen LogP) is 4.41. The van der Waals surface area contributed by atoms with Gasteiger partial charge >= 0.3 is 0 Å². The van der Waals surface area contributed by atoms with Gasteiger partial charge < -0.3 is 5.32 Å². The Morgan fingerprint density at radius 3 is 2.68 bits per heavy atom. The van der Waals surface area contributed by atoms with Crippen molar-refractivity contribution >= 4 is 11.5 Å². The fourth-order valence-corrected chi connectivity index (χ4v) is 3.81. The normalized spacial score (nSPS) is 23.0. The van der Waals surface area contributed by atoms with Crippen LogP contribution in [0.5, 0.6) is 0 Å². The molecule has 0 unspecified atom stereocenters. The average Bonchev–Trinajstić information content (AvgIpc) is 2.48. The monoisotopic (exact) mass is 297 g/mol. The second-order valence-electron chi connectivity index (χ2n) is 7.64. The maximum Gasteiger partial charge on any atom is 0.160 e. The van der Waals surface area contributed by atoms with Crippen molar-refractivity contribution < 1.29 is 4.79 Å². The third kappa shape index (κ3) is 3.26. The molecule has 0 radical (unpaired) electrons. The summed E-state index contributed by atoms with van der Waals surface area (Å²) in [6.45, 7) is 6.52. The Hall–Kier alpha value is -1.57. The number of aryl methyl sites for hydroxylation is 1. The van der Waals surface area contributed by atoms with Crippen molar-refractivity contribution in [3.05, 3.63) is 41.0 Å². The Kier molecular flexibility index (Phi) is 4.12. The second-order valence-corrected chi connectivity index (χ2v) is 7.64. The highest BCUT2D eigenvalue weighted by Gasteiger charge is 2.29. The van der Waals surface area contributed by atoms with E-state index < -0.39 is 0 Å². The van der Waals surface area contributed by atoms with Gasteiger partial charge in [0.2, 0.25) is 0 Å². The molecule has 2 nitrogen and oxygen atoms in total. The number of ketones is 1. The molecule has 1 fully saturated rings. The molecule has 0 spiro atoms. The minimum atomic E-state index is 0.000929. The van der Waals surface area contributed by atoms with Gasteiger partial charge in [-0.3, -0.25) is 4.79 Å².